The van der Waals surface area contributed by atoms with Crippen LogP contribution in [0, 0.1) is 13.8 Å². The van der Waals surface area contributed by atoms with Crippen LogP contribution < -0.4 is 5.32 Å². The molecule has 1 aromatic heterocycles. The number of carbonyl (C=O) groups excluding carboxylic acids is 1. The summed E-state index contributed by atoms with van der Waals surface area (Å²) in [4.78, 5) is 14.7. The van der Waals surface area contributed by atoms with Gasteiger partial charge in [0.05, 0.1) is 42.0 Å². The van der Waals surface area contributed by atoms with Gasteiger partial charge in [0.2, 0.25) is 5.91 Å². The summed E-state index contributed by atoms with van der Waals surface area (Å²) in [7, 11) is 0. The molecule has 1 aliphatic rings. The monoisotopic (exact) mass is 342 g/mol. The van der Waals surface area contributed by atoms with Crippen molar-refractivity contribution in [3.05, 3.63) is 41.7 Å². The second-order valence-corrected chi connectivity index (χ2v) is 6.76. The predicted molar refractivity (Wildman–Crippen MR) is 98.1 cm³/mol. The highest BCUT2D eigenvalue weighted by molar-refractivity contribution is 5.93. The number of hydrogen-bond donors (Lipinski definition) is 1. The zero-order valence-corrected chi connectivity index (χ0v) is 15.3. The van der Waals surface area contributed by atoms with Crippen LogP contribution in [-0.4, -0.2) is 52.4 Å². The third-order valence-corrected chi connectivity index (χ3v) is 4.64. The van der Waals surface area contributed by atoms with Gasteiger partial charge in [0, 0.05) is 12.6 Å². The first kappa shape index (κ1) is 17.6. The van der Waals surface area contributed by atoms with Gasteiger partial charge in [-0.25, -0.2) is 4.68 Å². The first-order valence-electron chi connectivity index (χ1n) is 8.73. The van der Waals surface area contributed by atoms with Crippen molar-refractivity contribution in [2.75, 3.05) is 25.0 Å². The fourth-order valence-electron chi connectivity index (χ4n) is 3.20. The van der Waals surface area contributed by atoms with E-state index in [1.54, 1.807) is 0 Å². The van der Waals surface area contributed by atoms with Gasteiger partial charge in [0.15, 0.2) is 0 Å². The minimum Gasteiger partial charge on any atom is -0.376 e. The van der Waals surface area contributed by atoms with Crippen molar-refractivity contribution in [1.29, 1.82) is 0 Å². The number of carbonyl (C=O) groups is 1. The van der Waals surface area contributed by atoms with Gasteiger partial charge >= 0.3 is 0 Å². The highest BCUT2D eigenvalue weighted by atomic mass is 16.5. The van der Waals surface area contributed by atoms with E-state index in [4.69, 9.17) is 4.74 Å². The van der Waals surface area contributed by atoms with Gasteiger partial charge in [-0.2, -0.15) is 5.10 Å². The summed E-state index contributed by atoms with van der Waals surface area (Å²) in [6.07, 6.45) is 0.160. The average Bonchev–Trinajstić information content (AvgIpc) is 2.87. The zero-order valence-electron chi connectivity index (χ0n) is 15.3. The second-order valence-electron chi connectivity index (χ2n) is 6.76. The predicted octanol–water partition coefficient (Wildman–Crippen LogP) is 2.54. The van der Waals surface area contributed by atoms with Gasteiger partial charge in [0.1, 0.15) is 0 Å². The van der Waals surface area contributed by atoms with Crippen molar-refractivity contribution in [2.45, 2.75) is 39.8 Å². The maximum atomic E-state index is 12.6. The Balaban J connectivity index is 1.72. The van der Waals surface area contributed by atoms with E-state index in [9.17, 15) is 4.79 Å². The summed E-state index contributed by atoms with van der Waals surface area (Å²) in [5.74, 6) is -0.0141. The Morgan fingerprint density at radius 1 is 1.28 bits per heavy atom. The molecule has 0 unspecified atom stereocenters. The number of benzene rings is 1. The van der Waals surface area contributed by atoms with E-state index in [1.807, 2.05) is 55.8 Å². The molecular weight excluding hydrogens is 316 g/mol. The maximum absolute atomic E-state index is 12.6. The minimum atomic E-state index is -0.0141. The van der Waals surface area contributed by atoms with Gasteiger partial charge in [-0.3, -0.25) is 9.69 Å². The Morgan fingerprint density at radius 3 is 2.72 bits per heavy atom. The molecule has 25 heavy (non-hydrogen) atoms. The molecule has 1 aliphatic heterocycles. The fourth-order valence-corrected chi connectivity index (χ4v) is 3.20. The normalized spacial score (nSPS) is 21.3. The van der Waals surface area contributed by atoms with Crippen LogP contribution in [0.4, 0.5) is 5.69 Å². The summed E-state index contributed by atoms with van der Waals surface area (Å²) in [6, 6.07) is 10.2. The van der Waals surface area contributed by atoms with Crippen LogP contribution in [0.5, 0.6) is 0 Å². The van der Waals surface area contributed by atoms with Crippen molar-refractivity contribution < 1.29 is 9.53 Å². The van der Waals surface area contributed by atoms with Crippen LogP contribution in [0.15, 0.2) is 30.3 Å². The highest BCUT2D eigenvalue weighted by Crippen LogP contribution is 2.23. The highest BCUT2D eigenvalue weighted by Gasteiger charge is 2.25. The lowest BCUT2D eigenvalue weighted by Crippen LogP contribution is -2.50. The van der Waals surface area contributed by atoms with Crippen molar-refractivity contribution in [2.24, 2.45) is 0 Å². The molecule has 1 amide bonds. The number of anilines is 1. The fraction of sp³-hybridized carbons (Fsp3) is 0.474. The lowest BCUT2D eigenvalue weighted by Gasteiger charge is -2.36. The summed E-state index contributed by atoms with van der Waals surface area (Å²) in [5, 5.41) is 7.62. The molecule has 1 N–H and O–H groups in total. The summed E-state index contributed by atoms with van der Waals surface area (Å²) < 4.78 is 7.49. The number of aryl methyl sites for hydroxylation is 1. The molecule has 1 fully saturated rings. The number of morpholine rings is 1. The van der Waals surface area contributed by atoms with E-state index in [-0.39, 0.29) is 18.1 Å². The van der Waals surface area contributed by atoms with Crippen molar-refractivity contribution in [1.82, 2.24) is 14.7 Å². The smallest absolute Gasteiger partial charge is 0.238 e. The van der Waals surface area contributed by atoms with Crippen molar-refractivity contribution in [3.63, 3.8) is 0 Å². The SMILES string of the molecule is Cc1nn(-c2ccccc2)c(C)c1NC(=O)CN1C[C@@H](C)OC[C@@H]1C. The average molecular weight is 342 g/mol. The van der Waals surface area contributed by atoms with Crippen LogP contribution in [0.2, 0.25) is 0 Å². The summed E-state index contributed by atoms with van der Waals surface area (Å²) in [5.41, 5.74) is 3.53. The molecule has 134 valence electrons. The van der Waals surface area contributed by atoms with Crippen LogP contribution in [0.1, 0.15) is 25.2 Å². The van der Waals surface area contributed by atoms with E-state index in [0.717, 1.165) is 29.3 Å². The molecule has 2 atom stereocenters. The van der Waals surface area contributed by atoms with Crippen LogP contribution in [-0.2, 0) is 9.53 Å². The summed E-state index contributed by atoms with van der Waals surface area (Å²) >= 11 is 0. The molecule has 2 aromatic rings. The van der Waals surface area contributed by atoms with E-state index in [2.05, 4.69) is 22.2 Å². The van der Waals surface area contributed by atoms with Gasteiger partial charge in [0.25, 0.3) is 0 Å². The molecule has 1 aromatic carbocycles. The Hall–Kier alpha value is -2.18. The quantitative estimate of drug-likeness (QED) is 0.928. The Bertz CT molecular complexity index is 741. The van der Waals surface area contributed by atoms with Crippen LogP contribution in [0.25, 0.3) is 5.69 Å². The van der Waals surface area contributed by atoms with E-state index >= 15 is 0 Å². The molecule has 0 radical (unpaired) electrons. The number of hydrogen-bond acceptors (Lipinski definition) is 4. The molecule has 1 saturated heterocycles. The first-order chi connectivity index (χ1) is 12.0. The molecule has 0 spiro atoms. The third-order valence-electron chi connectivity index (χ3n) is 4.64. The number of amides is 1. The molecule has 0 saturated carbocycles. The van der Waals surface area contributed by atoms with Gasteiger partial charge in [-0.05, 0) is 39.8 Å². The molecular formula is C19H26N4O2. The number of nitrogens with zero attached hydrogens (tertiary/aromatic N) is 3. The molecule has 0 bridgehead atoms. The molecule has 6 nitrogen and oxygen atoms in total. The number of aromatic nitrogens is 2. The lowest BCUT2D eigenvalue weighted by molar-refractivity contribution is -0.121. The largest absolute Gasteiger partial charge is 0.376 e. The maximum Gasteiger partial charge on any atom is 0.238 e. The van der Waals surface area contributed by atoms with Gasteiger partial charge < -0.3 is 10.1 Å². The molecule has 6 heteroatoms. The number of nitrogens with one attached hydrogen (secondary N) is 1. The Morgan fingerprint density at radius 2 is 2.00 bits per heavy atom. The number of rotatable bonds is 4. The second kappa shape index (κ2) is 7.37. The van der Waals surface area contributed by atoms with Crippen LogP contribution >= 0.6 is 0 Å². The number of ether oxygens (including phenoxy) is 1. The zero-order chi connectivity index (χ0) is 18.0. The Kier molecular flexibility index (Phi) is 5.20. The van der Waals surface area contributed by atoms with Crippen molar-refractivity contribution in [3.8, 4) is 5.69 Å². The summed E-state index contributed by atoms with van der Waals surface area (Å²) in [6.45, 7) is 9.82. The van der Waals surface area contributed by atoms with Gasteiger partial charge in [-0.1, -0.05) is 18.2 Å². The topological polar surface area (TPSA) is 59.4 Å². The van der Waals surface area contributed by atoms with E-state index in [1.165, 1.54) is 0 Å². The van der Waals surface area contributed by atoms with E-state index in [0.29, 0.717) is 13.2 Å². The molecule has 3 rings (SSSR count). The molecule has 2 heterocycles. The van der Waals surface area contributed by atoms with Gasteiger partial charge in [-0.15, -0.1) is 0 Å². The van der Waals surface area contributed by atoms with Crippen LogP contribution in [0.3, 0.4) is 0 Å². The minimum absolute atomic E-state index is 0.0141. The third kappa shape index (κ3) is 3.91. The first-order valence-corrected chi connectivity index (χ1v) is 8.73. The molecule has 0 aliphatic carbocycles. The lowest BCUT2D eigenvalue weighted by atomic mass is 10.2. The van der Waals surface area contributed by atoms with E-state index < -0.39 is 0 Å². The van der Waals surface area contributed by atoms with Crippen molar-refractivity contribution >= 4 is 11.6 Å². The number of para-hydroxylation sites is 1. The Labute approximate surface area is 148 Å². The standard InChI is InChI=1S/C19H26N4O2/c1-13-12-25-14(2)10-22(13)11-18(24)20-19-15(3)21-23(16(19)4)17-8-6-5-7-9-17/h5-9,13-14H,10-12H2,1-4H3,(H,20,24)/t13-,14+/m0/s1.